The summed E-state index contributed by atoms with van der Waals surface area (Å²) in [5.41, 5.74) is 5.80. The molecule has 0 radical (unpaired) electrons. The van der Waals surface area contributed by atoms with Crippen LogP contribution in [-0.2, 0) is 6.54 Å². The summed E-state index contributed by atoms with van der Waals surface area (Å²) < 4.78 is 41.2. The first-order valence-corrected chi connectivity index (χ1v) is 7.14. The summed E-state index contributed by atoms with van der Waals surface area (Å²) in [5, 5.41) is 9.57. The van der Waals surface area contributed by atoms with Crippen molar-refractivity contribution in [2.24, 2.45) is 0 Å². The van der Waals surface area contributed by atoms with Crippen molar-refractivity contribution in [3.63, 3.8) is 0 Å². The molecule has 0 aliphatic rings. The maximum absolute atomic E-state index is 13.6. The van der Waals surface area contributed by atoms with Gasteiger partial charge in [-0.05, 0) is 29.8 Å². The monoisotopic (exact) mass is 347 g/mol. The predicted molar refractivity (Wildman–Crippen MR) is 84.2 cm³/mol. The van der Waals surface area contributed by atoms with Crippen LogP contribution in [0.25, 0.3) is 0 Å². The molecule has 0 bridgehead atoms. The van der Waals surface area contributed by atoms with E-state index in [2.05, 4.69) is 15.6 Å². The Balaban J connectivity index is 1.80. The van der Waals surface area contributed by atoms with Crippen LogP contribution in [-0.4, -0.2) is 20.9 Å². The number of amides is 1. The largest absolute Gasteiger partial charge is 0.382 e. The number of nitrogens with zero attached hydrogens (tertiary/aromatic N) is 3. The number of anilines is 2. The van der Waals surface area contributed by atoms with Gasteiger partial charge in [-0.3, -0.25) is 4.79 Å². The lowest BCUT2D eigenvalue weighted by Crippen LogP contribution is -2.16. The normalized spacial score (nSPS) is 10.7. The van der Waals surface area contributed by atoms with Gasteiger partial charge in [0.2, 0.25) is 0 Å². The third-order valence-corrected chi connectivity index (χ3v) is 3.39. The molecule has 1 heterocycles. The average Bonchev–Trinajstić information content (AvgIpc) is 2.92. The fourth-order valence-electron chi connectivity index (χ4n) is 2.18. The van der Waals surface area contributed by atoms with Crippen molar-refractivity contribution in [3.05, 3.63) is 71.2 Å². The fourth-order valence-corrected chi connectivity index (χ4v) is 2.18. The summed E-state index contributed by atoms with van der Waals surface area (Å²) in [6, 6.07) is 8.41. The fraction of sp³-hybridized carbons (Fsp3) is 0.0625. The molecule has 0 atom stereocenters. The Morgan fingerprint density at radius 2 is 1.88 bits per heavy atom. The molecular weight excluding hydrogens is 335 g/mol. The summed E-state index contributed by atoms with van der Waals surface area (Å²) >= 11 is 0. The lowest BCUT2D eigenvalue weighted by atomic mass is 10.2. The maximum atomic E-state index is 13.6. The highest BCUT2D eigenvalue weighted by atomic mass is 19.1. The molecule has 128 valence electrons. The van der Waals surface area contributed by atoms with Crippen molar-refractivity contribution >= 4 is 17.4 Å². The van der Waals surface area contributed by atoms with Crippen LogP contribution >= 0.6 is 0 Å². The molecule has 3 N–H and O–H groups in total. The van der Waals surface area contributed by atoms with E-state index >= 15 is 0 Å². The van der Waals surface area contributed by atoms with Crippen molar-refractivity contribution in [2.45, 2.75) is 6.54 Å². The number of benzene rings is 2. The zero-order valence-corrected chi connectivity index (χ0v) is 12.7. The highest BCUT2D eigenvalue weighted by molar-refractivity contribution is 6.05. The lowest BCUT2D eigenvalue weighted by Gasteiger charge is -2.06. The molecule has 9 heteroatoms. The second-order valence-electron chi connectivity index (χ2n) is 5.19. The number of halogens is 3. The molecular formula is C16H12F3N5O. The maximum Gasteiger partial charge on any atom is 0.280 e. The smallest absolute Gasteiger partial charge is 0.280 e. The number of nitrogens with one attached hydrogen (secondary N) is 1. The number of aromatic nitrogens is 3. The van der Waals surface area contributed by atoms with Gasteiger partial charge >= 0.3 is 0 Å². The summed E-state index contributed by atoms with van der Waals surface area (Å²) in [7, 11) is 0. The van der Waals surface area contributed by atoms with E-state index in [9.17, 15) is 18.0 Å². The topological polar surface area (TPSA) is 85.8 Å². The Morgan fingerprint density at radius 1 is 1.12 bits per heavy atom. The molecule has 3 rings (SSSR count). The third kappa shape index (κ3) is 3.60. The van der Waals surface area contributed by atoms with Gasteiger partial charge in [0, 0.05) is 6.07 Å². The van der Waals surface area contributed by atoms with E-state index in [1.54, 1.807) is 6.07 Å². The lowest BCUT2D eigenvalue weighted by molar-refractivity contribution is 0.102. The molecule has 2 aromatic carbocycles. The summed E-state index contributed by atoms with van der Waals surface area (Å²) in [6.45, 7) is 0.0954. The van der Waals surface area contributed by atoms with Crippen molar-refractivity contribution in [1.82, 2.24) is 15.0 Å². The zero-order chi connectivity index (χ0) is 18.0. The van der Waals surface area contributed by atoms with E-state index in [4.69, 9.17) is 5.73 Å². The highest BCUT2D eigenvalue weighted by Crippen LogP contribution is 2.18. The SMILES string of the molecule is Nc1c(C(=O)Nc2cc(F)ccc2F)nnn1Cc1cccc(F)c1. The quantitative estimate of drug-likeness (QED) is 0.760. The van der Waals surface area contributed by atoms with Gasteiger partial charge in [0.15, 0.2) is 11.5 Å². The predicted octanol–water partition coefficient (Wildman–Crippen LogP) is 2.58. The third-order valence-electron chi connectivity index (χ3n) is 3.39. The van der Waals surface area contributed by atoms with Gasteiger partial charge in [-0.1, -0.05) is 17.3 Å². The van der Waals surface area contributed by atoms with Crippen LogP contribution in [0, 0.1) is 17.5 Å². The molecule has 3 aromatic rings. The van der Waals surface area contributed by atoms with Crippen LogP contribution in [0.15, 0.2) is 42.5 Å². The Bertz CT molecular complexity index is 941. The highest BCUT2D eigenvalue weighted by Gasteiger charge is 2.19. The van der Waals surface area contributed by atoms with Gasteiger partial charge in [0.1, 0.15) is 17.5 Å². The molecule has 0 fully saturated rings. The number of carbonyl (C=O) groups is 1. The zero-order valence-electron chi connectivity index (χ0n) is 12.7. The molecule has 0 aliphatic heterocycles. The minimum absolute atomic E-state index is 0.0847. The molecule has 1 amide bonds. The van der Waals surface area contributed by atoms with Crippen LogP contribution in [0.4, 0.5) is 24.7 Å². The Hall–Kier alpha value is -3.36. The van der Waals surface area contributed by atoms with E-state index in [0.29, 0.717) is 5.56 Å². The van der Waals surface area contributed by atoms with Crippen molar-refractivity contribution in [1.29, 1.82) is 0 Å². The van der Waals surface area contributed by atoms with Gasteiger partial charge in [-0.15, -0.1) is 5.10 Å². The van der Waals surface area contributed by atoms with Crippen molar-refractivity contribution in [2.75, 3.05) is 11.1 Å². The van der Waals surface area contributed by atoms with Gasteiger partial charge in [-0.2, -0.15) is 0 Å². The van der Waals surface area contributed by atoms with E-state index < -0.39 is 23.4 Å². The number of rotatable bonds is 4. The molecule has 25 heavy (non-hydrogen) atoms. The number of hydrogen-bond acceptors (Lipinski definition) is 4. The standard InChI is InChI=1S/C16H12F3N5O/c17-10-3-1-2-9(6-10)8-24-15(20)14(22-23-24)16(25)21-13-7-11(18)4-5-12(13)19/h1-7H,8,20H2,(H,21,25). The Labute approximate surface area is 140 Å². The second-order valence-corrected chi connectivity index (χ2v) is 5.19. The van der Waals surface area contributed by atoms with E-state index in [-0.39, 0.29) is 23.7 Å². The average molecular weight is 347 g/mol. The van der Waals surface area contributed by atoms with Crippen LogP contribution in [0.2, 0.25) is 0 Å². The summed E-state index contributed by atoms with van der Waals surface area (Å²) in [6.07, 6.45) is 0. The number of nitrogens with two attached hydrogens (primary N) is 1. The first kappa shape index (κ1) is 16.5. The van der Waals surface area contributed by atoms with Crippen LogP contribution in [0.1, 0.15) is 16.1 Å². The van der Waals surface area contributed by atoms with Crippen molar-refractivity contribution < 1.29 is 18.0 Å². The number of carbonyl (C=O) groups excluding carboxylic acids is 1. The van der Waals surface area contributed by atoms with E-state index in [0.717, 1.165) is 18.2 Å². The van der Waals surface area contributed by atoms with E-state index in [1.807, 2.05) is 0 Å². The molecule has 0 saturated carbocycles. The molecule has 0 spiro atoms. The minimum atomic E-state index is -0.840. The minimum Gasteiger partial charge on any atom is -0.382 e. The van der Waals surface area contributed by atoms with Gasteiger partial charge < -0.3 is 11.1 Å². The Morgan fingerprint density at radius 3 is 2.64 bits per heavy atom. The van der Waals surface area contributed by atoms with Crippen LogP contribution < -0.4 is 11.1 Å². The van der Waals surface area contributed by atoms with Gasteiger partial charge in [0.05, 0.1) is 12.2 Å². The van der Waals surface area contributed by atoms with Gasteiger partial charge in [0.25, 0.3) is 5.91 Å². The Kier molecular flexibility index (Phi) is 4.38. The molecule has 0 saturated heterocycles. The van der Waals surface area contributed by atoms with Crippen molar-refractivity contribution in [3.8, 4) is 0 Å². The molecule has 6 nitrogen and oxygen atoms in total. The number of nitrogen functional groups attached to an aromatic ring is 1. The molecule has 0 aliphatic carbocycles. The molecule has 0 unspecified atom stereocenters. The number of hydrogen-bond donors (Lipinski definition) is 2. The summed E-state index contributed by atoms with van der Waals surface area (Å²) in [4.78, 5) is 12.2. The van der Waals surface area contributed by atoms with Crippen LogP contribution in [0.3, 0.4) is 0 Å². The molecule has 1 aromatic heterocycles. The second kappa shape index (κ2) is 6.63. The summed E-state index contributed by atoms with van der Waals surface area (Å²) in [5.74, 6) is -2.86. The first-order valence-electron chi connectivity index (χ1n) is 7.14. The van der Waals surface area contributed by atoms with Crippen LogP contribution in [0.5, 0.6) is 0 Å². The first-order chi connectivity index (χ1) is 11.9. The van der Waals surface area contributed by atoms with Gasteiger partial charge in [-0.25, -0.2) is 17.9 Å². The van der Waals surface area contributed by atoms with E-state index in [1.165, 1.54) is 22.9 Å².